The summed E-state index contributed by atoms with van der Waals surface area (Å²) in [4.78, 5) is 23.4. The number of nitro benzene ring substituents is 1. The van der Waals surface area contributed by atoms with E-state index in [9.17, 15) is 14.9 Å². The van der Waals surface area contributed by atoms with E-state index in [2.05, 4.69) is 10.6 Å². The number of ether oxygens (including phenoxy) is 2. The van der Waals surface area contributed by atoms with Crippen molar-refractivity contribution in [2.45, 2.75) is 26.3 Å². The van der Waals surface area contributed by atoms with Gasteiger partial charge in [0.15, 0.2) is 11.5 Å². The largest absolute Gasteiger partial charge is 0.493 e. The minimum atomic E-state index is -0.581. The monoisotopic (exact) mass is 373 g/mol. The predicted molar refractivity (Wildman–Crippen MR) is 96.0 cm³/mol. The SMILES string of the molecule is CCOc1cc([N+](=O)[O-])c(C(=O)NC2CCNCC2C)cc1OC.Cl. The molecule has 1 aliphatic rings. The van der Waals surface area contributed by atoms with Gasteiger partial charge in [-0.2, -0.15) is 0 Å². The summed E-state index contributed by atoms with van der Waals surface area (Å²) in [5.74, 6) is 0.331. The Balaban J connectivity index is 0.00000312. The molecule has 0 spiro atoms. The number of nitro groups is 1. The van der Waals surface area contributed by atoms with Crippen LogP contribution in [0.2, 0.25) is 0 Å². The van der Waals surface area contributed by atoms with E-state index in [1.54, 1.807) is 6.92 Å². The van der Waals surface area contributed by atoms with Crippen LogP contribution in [0.25, 0.3) is 0 Å². The number of halogens is 1. The highest BCUT2D eigenvalue weighted by Gasteiger charge is 2.28. The molecule has 2 rings (SSSR count). The summed E-state index contributed by atoms with van der Waals surface area (Å²) in [6.45, 7) is 5.75. The number of piperidine rings is 1. The molecule has 8 nitrogen and oxygen atoms in total. The zero-order valence-corrected chi connectivity index (χ0v) is 15.4. The van der Waals surface area contributed by atoms with Gasteiger partial charge >= 0.3 is 0 Å². The average Bonchev–Trinajstić information content (AvgIpc) is 2.56. The summed E-state index contributed by atoms with van der Waals surface area (Å²) < 4.78 is 10.5. The molecule has 9 heteroatoms. The van der Waals surface area contributed by atoms with Gasteiger partial charge in [-0.25, -0.2) is 0 Å². The van der Waals surface area contributed by atoms with Crippen LogP contribution in [0.15, 0.2) is 12.1 Å². The smallest absolute Gasteiger partial charge is 0.286 e. The highest BCUT2D eigenvalue weighted by atomic mass is 35.5. The molecule has 0 saturated carbocycles. The highest BCUT2D eigenvalue weighted by Crippen LogP contribution is 2.35. The van der Waals surface area contributed by atoms with Crippen molar-refractivity contribution in [1.29, 1.82) is 0 Å². The lowest BCUT2D eigenvalue weighted by Crippen LogP contribution is -2.48. The van der Waals surface area contributed by atoms with E-state index >= 15 is 0 Å². The van der Waals surface area contributed by atoms with Gasteiger partial charge in [-0.1, -0.05) is 6.92 Å². The number of methoxy groups -OCH3 is 1. The second kappa shape index (κ2) is 9.43. The summed E-state index contributed by atoms with van der Waals surface area (Å²) in [5.41, 5.74) is -0.315. The number of hydrogen-bond donors (Lipinski definition) is 2. The lowest BCUT2D eigenvalue weighted by Gasteiger charge is -2.30. The van der Waals surface area contributed by atoms with Crippen molar-refractivity contribution in [3.05, 3.63) is 27.8 Å². The number of nitrogens with zero attached hydrogens (tertiary/aromatic N) is 1. The Kier molecular flexibility index (Phi) is 7.92. The third-order valence-electron chi connectivity index (χ3n) is 4.12. The molecule has 0 aliphatic carbocycles. The van der Waals surface area contributed by atoms with Crippen molar-refractivity contribution < 1.29 is 19.2 Å². The lowest BCUT2D eigenvalue weighted by molar-refractivity contribution is -0.385. The fourth-order valence-corrected chi connectivity index (χ4v) is 2.78. The summed E-state index contributed by atoms with van der Waals surface area (Å²) in [7, 11) is 1.43. The summed E-state index contributed by atoms with van der Waals surface area (Å²) >= 11 is 0. The zero-order chi connectivity index (χ0) is 17.7. The summed E-state index contributed by atoms with van der Waals surface area (Å²) in [6.07, 6.45) is 0.787. The Bertz CT molecular complexity index is 626. The van der Waals surface area contributed by atoms with Crippen LogP contribution < -0.4 is 20.1 Å². The Morgan fingerprint density at radius 2 is 2.16 bits per heavy atom. The molecule has 2 N–H and O–H groups in total. The van der Waals surface area contributed by atoms with E-state index in [1.807, 2.05) is 6.92 Å². The molecule has 1 heterocycles. The first-order valence-corrected chi connectivity index (χ1v) is 7.98. The van der Waals surface area contributed by atoms with E-state index in [-0.39, 0.29) is 41.4 Å². The Morgan fingerprint density at radius 3 is 2.72 bits per heavy atom. The minimum absolute atomic E-state index is 0. The van der Waals surface area contributed by atoms with Crippen LogP contribution in [0.1, 0.15) is 30.6 Å². The van der Waals surface area contributed by atoms with Gasteiger partial charge in [0.25, 0.3) is 11.6 Å². The Hall–Kier alpha value is -2.06. The second-order valence-electron chi connectivity index (χ2n) is 5.76. The van der Waals surface area contributed by atoms with Gasteiger partial charge in [0, 0.05) is 12.1 Å². The fraction of sp³-hybridized carbons (Fsp3) is 0.562. The number of rotatable bonds is 6. The first-order valence-electron chi connectivity index (χ1n) is 7.98. The second-order valence-corrected chi connectivity index (χ2v) is 5.76. The van der Waals surface area contributed by atoms with Crippen molar-refractivity contribution >= 4 is 24.0 Å². The molecule has 0 radical (unpaired) electrons. The number of amides is 1. The van der Waals surface area contributed by atoms with Crippen LogP contribution >= 0.6 is 12.4 Å². The van der Waals surface area contributed by atoms with E-state index < -0.39 is 10.8 Å². The first-order chi connectivity index (χ1) is 11.5. The van der Waals surface area contributed by atoms with Crippen LogP contribution in [-0.4, -0.2) is 43.7 Å². The van der Waals surface area contributed by atoms with Crippen LogP contribution in [0.5, 0.6) is 11.5 Å². The Morgan fingerprint density at radius 1 is 1.44 bits per heavy atom. The van der Waals surface area contributed by atoms with Crippen molar-refractivity contribution in [3.63, 3.8) is 0 Å². The summed E-state index contributed by atoms with van der Waals surface area (Å²) in [5, 5.41) is 17.5. The molecule has 0 aromatic heterocycles. The van der Waals surface area contributed by atoms with Gasteiger partial charge < -0.3 is 20.1 Å². The predicted octanol–water partition coefficient (Wildman–Crippen LogP) is 2.15. The van der Waals surface area contributed by atoms with Gasteiger partial charge in [-0.3, -0.25) is 14.9 Å². The van der Waals surface area contributed by atoms with Crippen molar-refractivity contribution in [3.8, 4) is 11.5 Å². The van der Waals surface area contributed by atoms with Crippen molar-refractivity contribution in [1.82, 2.24) is 10.6 Å². The van der Waals surface area contributed by atoms with Crippen molar-refractivity contribution in [2.75, 3.05) is 26.8 Å². The molecule has 1 amide bonds. The molecule has 1 saturated heterocycles. The molecular weight excluding hydrogens is 350 g/mol. The Labute approximate surface area is 152 Å². The molecular formula is C16H24ClN3O5. The molecule has 0 bridgehead atoms. The maximum Gasteiger partial charge on any atom is 0.286 e. The molecule has 1 aromatic rings. The van der Waals surface area contributed by atoms with Crippen LogP contribution in [0.4, 0.5) is 5.69 Å². The molecule has 140 valence electrons. The van der Waals surface area contributed by atoms with E-state index in [4.69, 9.17) is 9.47 Å². The first kappa shape index (κ1) is 21.0. The van der Waals surface area contributed by atoms with E-state index in [1.165, 1.54) is 19.2 Å². The van der Waals surface area contributed by atoms with E-state index in [0.717, 1.165) is 19.5 Å². The number of nitrogens with one attached hydrogen (secondary N) is 2. The van der Waals surface area contributed by atoms with Gasteiger partial charge in [-0.15, -0.1) is 12.4 Å². The number of benzene rings is 1. The van der Waals surface area contributed by atoms with Gasteiger partial charge in [0.2, 0.25) is 0 Å². The molecule has 2 atom stereocenters. The van der Waals surface area contributed by atoms with Crippen LogP contribution in [-0.2, 0) is 0 Å². The average molecular weight is 374 g/mol. The quantitative estimate of drug-likeness (QED) is 0.585. The third-order valence-corrected chi connectivity index (χ3v) is 4.12. The highest BCUT2D eigenvalue weighted by molar-refractivity contribution is 5.99. The van der Waals surface area contributed by atoms with Gasteiger partial charge in [0.05, 0.1) is 24.7 Å². The number of carbonyl (C=O) groups excluding carboxylic acids is 1. The maximum absolute atomic E-state index is 12.6. The molecule has 1 fully saturated rings. The van der Waals surface area contributed by atoms with Crippen LogP contribution in [0.3, 0.4) is 0 Å². The topological polar surface area (TPSA) is 103 Å². The van der Waals surface area contributed by atoms with E-state index in [0.29, 0.717) is 12.4 Å². The van der Waals surface area contributed by atoms with Gasteiger partial charge in [0.1, 0.15) is 5.56 Å². The number of hydrogen-bond acceptors (Lipinski definition) is 6. The lowest BCUT2D eigenvalue weighted by atomic mass is 9.95. The van der Waals surface area contributed by atoms with Crippen molar-refractivity contribution in [2.24, 2.45) is 5.92 Å². The van der Waals surface area contributed by atoms with Crippen LogP contribution in [0, 0.1) is 16.0 Å². The summed E-state index contributed by atoms with van der Waals surface area (Å²) in [6, 6.07) is 2.59. The number of carbonyl (C=O) groups is 1. The molecule has 1 aliphatic heterocycles. The molecule has 1 aromatic carbocycles. The fourth-order valence-electron chi connectivity index (χ4n) is 2.78. The zero-order valence-electron chi connectivity index (χ0n) is 14.5. The molecule has 25 heavy (non-hydrogen) atoms. The minimum Gasteiger partial charge on any atom is -0.493 e. The third kappa shape index (κ3) is 4.96. The molecule has 2 unspecified atom stereocenters. The standard InChI is InChI=1S/C16H23N3O5.ClH/c1-4-24-15-8-13(19(21)22)11(7-14(15)23-3)16(20)18-12-5-6-17-9-10(12)2;/h7-8,10,12,17H,4-6,9H2,1-3H3,(H,18,20);1H. The maximum atomic E-state index is 12.6. The van der Waals surface area contributed by atoms with Gasteiger partial charge in [-0.05, 0) is 32.4 Å². The normalized spacial score (nSPS) is 19.5.